The molecule has 1 saturated carbocycles. The molecule has 15 heavy (non-hydrogen) atoms. The molecule has 1 fully saturated rings. The maximum Gasteiger partial charge on any atom is 0.243 e. The lowest BCUT2D eigenvalue weighted by molar-refractivity contribution is 0.552. The van der Waals surface area contributed by atoms with E-state index in [4.69, 9.17) is 0 Å². The molecule has 0 unspecified atom stereocenters. The monoisotopic (exact) mass is 229 g/mol. The summed E-state index contributed by atoms with van der Waals surface area (Å²) in [5.41, 5.74) is 0. The molecule has 2 rings (SSSR count). The molecule has 1 aromatic rings. The largest absolute Gasteiger partial charge is 0.274 e. The van der Waals surface area contributed by atoms with E-state index in [9.17, 15) is 8.42 Å². The zero-order chi connectivity index (χ0) is 10.9. The van der Waals surface area contributed by atoms with Crippen molar-refractivity contribution >= 4 is 10.0 Å². The molecule has 0 atom stereocenters. The number of aryl methyl sites for hydroxylation is 1. The standard InChI is InChI=1S/C9H15N3O2S/c1-12-7-9(6-10-12)15(13,14)11-8-4-2-3-5-8/h6-8,11H,2-5H2,1H3. The van der Waals surface area contributed by atoms with Crippen LogP contribution in [0.25, 0.3) is 0 Å². The normalized spacial score (nSPS) is 18.5. The third-order valence-corrected chi connectivity index (χ3v) is 4.14. The van der Waals surface area contributed by atoms with Crippen LogP contribution in [0, 0.1) is 0 Å². The Morgan fingerprint density at radius 3 is 2.67 bits per heavy atom. The Morgan fingerprint density at radius 2 is 2.13 bits per heavy atom. The van der Waals surface area contributed by atoms with Crippen molar-refractivity contribution in [2.75, 3.05) is 0 Å². The third-order valence-electron chi connectivity index (χ3n) is 2.67. The van der Waals surface area contributed by atoms with Crippen LogP contribution in [-0.2, 0) is 17.1 Å². The van der Waals surface area contributed by atoms with Crippen LogP contribution in [0.1, 0.15) is 25.7 Å². The number of nitrogens with one attached hydrogen (secondary N) is 1. The molecular weight excluding hydrogens is 214 g/mol. The van der Waals surface area contributed by atoms with E-state index in [2.05, 4.69) is 9.82 Å². The first kappa shape index (κ1) is 10.6. The molecule has 0 spiro atoms. The Labute approximate surface area is 89.5 Å². The summed E-state index contributed by atoms with van der Waals surface area (Å²) in [7, 11) is -1.65. The van der Waals surface area contributed by atoms with Crippen LogP contribution in [0.4, 0.5) is 0 Å². The molecule has 5 nitrogen and oxygen atoms in total. The molecule has 1 heterocycles. The van der Waals surface area contributed by atoms with E-state index in [-0.39, 0.29) is 10.9 Å². The molecule has 1 aromatic heterocycles. The summed E-state index contributed by atoms with van der Waals surface area (Å²) in [6, 6.07) is 0.107. The first-order chi connectivity index (χ1) is 7.08. The first-order valence-corrected chi connectivity index (χ1v) is 6.57. The highest BCUT2D eigenvalue weighted by molar-refractivity contribution is 7.89. The summed E-state index contributed by atoms with van der Waals surface area (Å²) in [5.74, 6) is 0. The lowest BCUT2D eigenvalue weighted by Gasteiger charge is -2.10. The zero-order valence-electron chi connectivity index (χ0n) is 8.68. The Hall–Kier alpha value is -0.880. The minimum absolute atomic E-state index is 0.107. The van der Waals surface area contributed by atoms with Gasteiger partial charge in [-0.2, -0.15) is 5.10 Å². The summed E-state index contributed by atoms with van der Waals surface area (Å²) in [4.78, 5) is 0.247. The maximum absolute atomic E-state index is 11.8. The molecule has 0 bridgehead atoms. The fourth-order valence-corrected chi connectivity index (χ4v) is 3.16. The molecule has 0 amide bonds. The Bertz CT molecular complexity index is 432. The van der Waals surface area contributed by atoms with Gasteiger partial charge in [-0.3, -0.25) is 4.68 Å². The SMILES string of the molecule is Cn1cc(S(=O)(=O)NC2CCCC2)cn1. The van der Waals surface area contributed by atoms with Gasteiger partial charge in [0, 0.05) is 19.3 Å². The minimum Gasteiger partial charge on any atom is -0.274 e. The van der Waals surface area contributed by atoms with Gasteiger partial charge in [-0.1, -0.05) is 12.8 Å². The van der Waals surface area contributed by atoms with Crippen molar-refractivity contribution < 1.29 is 8.42 Å². The van der Waals surface area contributed by atoms with Crippen molar-refractivity contribution in [2.24, 2.45) is 7.05 Å². The smallest absolute Gasteiger partial charge is 0.243 e. The molecule has 1 N–H and O–H groups in total. The van der Waals surface area contributed by atoms with Crippen molar-refractivity contribution in [1.82, 2.24) is 14.5 Å². The average molecular weight is 229 g/mol. The van der Waals surface area contributed by atoms with Gasteiger partial charge < -0.3 is 0 Å². The predicted molar refractivity (Wildman–Crippen MR) is 55.8 cm³/mol. The highest BCUT2D eigenvalue weighted by Gasteiger charge is 2.23. The molecule has 0 radical (unpaired) electrons. The van der Waals surface area contributed by atoms with Gasteiger partial charge in [0.2, 0.25) is 10.0 Å². The van der Waals surface area contributed by atoms with Crippen molar-refractivity contribution in [3.05, 3.63) is 12.4 Å². The van der Waals surface area contributed by atoms with E-state index in [0.717, 1.165) is 25.7 Å². The molecule has 0 saturated heterocycles. The fraction of sp³-hybridized carbons (Fsp3) is 0.667. The van der Waals surface area contributed by atoms with Crippen LogP contribution in [0.15, 0.2) is 17.3 Å². The van der Waals surface area contributed by atoms with E-state index >= 15 is 0 Å². The van der Waals surface area contributed by atoms with Crippen LogP contribution in [0.3, 0.4) is 0 Å². The lowest BCUT2D eigenvalue weighted by atomic mass is 10.3. The Kier molecular flexibility index (Phi) is 2.79. The van der Waals surface area contributed by atoms with Gasteiger partial charge in [0.1, 0.15) is 4.90 Å². The van der Waals surface area contributed by atoms with Crippen LogP contribution in [-0.4, -0.2) is 24.2 Å². The molecule has 1 aliphatic carbocycles. The van der Waals surface area contributed by atoms with Gasteiger partial charge in [0.15, 0.2) is 0 Å². The van der Waals surface area contributed by atoms with Gasteiger partial charge >= 0.3 is 0 Å². The maximum atomic E-state index is 11.8. The topological polar surface area (TPSA) is 64.0 Å². The van der Waals surface area contributed by atoms with E-state index in [1.165, 1.54) is 17.1 Å². The van der Waals surface area contributed by atoms with Gasteiger partial charge in [-0.15, -0.1) is 0 Å². The van der Waals surface area contributed by atoms with Crippen molar-refractivity contribution in [1.29, 1.82) is 0 Å². The van der Waals surface area contributed by atoms with Gasteiger partial charge in [-0.05, 0) is 12.8 Å². The van der Waals surface area contributed by atoms with Crippen molar-refractivity contribution in [2.45, 2.75) is 36.6 Å². The van der Waals surface area contributed by atoms with Gasteiger partial charge in [-0.25, -0.2) is 13.1 Å². The molecular formula is C9H15N3O2S. The predicted octanol–water partition coefficient (Wildman–Crippen LogP) is 0.641. The number of nitrogens with zero attached hydrogens (tertiary/aromatic N) is 2. The second kappa shape index (κ2) is 3.94. The van der Waals surface area contributed by atoms with Crippen LogP contribution < -0.4 is 4.72 Å². The summed E-state index contributed by atoms with van der Waals surface area (Å²) >= 11 is 0. The van der Waals surface area contributed by atoms with E-state index in [1.807, 2.05) is 0 Å². The number of rotatable bonds is 3. The number of hydrogen-bond acceptors (Lipinski definition) is 3. The summed E-state index contributed by atoms with van der Waals surface area (Å²) in [6.45, 7) is 0. The first-order valence-electron chi connectivity index (χ1n) is 5.09. The number of aromatic nitrogens is 2. The van der Waals surface area contributed by atoms with E-state index in [1.54, 1.807) is 7.05 Å². The molecule has 84 valence electrons. The highest BCUT2D eigenvalue weighted by atomic mass is 32.2. The molecule has 0 aromatic carbocycles. The van der Waals surface area contributed by atoms with Gasteiger partial charge in [0.25, 0.3) is 0 Å². The molecule has 0 aliphatic heterocycles. The van der Waals surface area contributed by atoms with Crippen LogP contribution in [0.5, 0.6) is 0 Å². The van der Waals surface area contributed by atoms with Crippen LogP contribution in [0.2, 0.25) is 0 Å². The second-order valence-corrected chi connectivity index (χ2v) is 5.67. The minimum atomic E-state index is -3.36. The van der Waals surface area contributed by atoms with E-state index in [0.29, 0.717) is 0 Å². The Balaban J connectivity index is 2.12. The van der Waals surface area contributed by atoms with Crippen molar-refractivity contribution in [3.8, 4) is 0 Å². The molecule has 6 heteroatoms. The number of hydrogen-bond donors (Lipinski definition) is 1. The summed E-state index contributed by atoms with van der Waals surface area (Å²) in [5, 5.41) is 3.85. The zero-order valence-corrected chi connectivity index (χ0v) is 9.50. The summed E-state index contributed by atoms with van der Waals surface area (Å²) in [6.07, 6.45) is 6.99. The van der Waals surface area contributed by atoms with Crippen molar-refractivity contribution in [3.63, 3.8) is 0 Å². The highest BCUT2D eigenvalue weighted by Crippen LogP contribution is 2.20. The van der Waals surface area contributed by atoms with Crippen LogP contribution >= 0.6 is 0 Å². The Morgan fingerprint density at radius 1 is 1.47 bits per heavy atom. The van der Waals surface area contributed by atoms with E-state index < -0.39 is 10.0 Å². The number of sulfonamides is 1. The molecule has 1 aliphatic rings. The average Bonchev–Trinajstić information content (AvgIpc) is 2.75. The lowest BCUT2D eigenvalue weighted by Crippen LogP contribution is -2.32. The quantitative estimate of drug-likeness (QED) is 0.827. The van der Waals surface area contributed by atoms with Gasteiger partial charge in [0.05, 0.1) is 6.20 Å². The third kappa shape index (κ3) is 2.38. The second-order valence-electron chi connectivity index (χ2n) is 3.95. The summed E-state index contributed by atoms with van der Waals surface area (Å²) < 4.78 is 27.9. The fourth-order valence-electron chi connectivity index (χ4n) is 1.87.